The minimum atomic E-state index is -1.18. The molecule has 158 valence electrons. The van der Waals surface area contributed by atoms with E-state index in [1.807, 2.05) is 48.5 Å². The Labute approximate surface area is 176 Å². The molecule has 9 heteroatoms. The maximum atomic E-state index is 13.1. The third-order valence-corrected chi connectivity index (χ3v) is 4.99. The maximum Gasteiger partial charge on any atom is 0.255 e. The van der Waals surface area contributed by atoms with E-state index in [0.717, 1.165) is 5.39 Å². The zero-order valence-electron chi connectivity index (χ0n) is 16.6. The zero-order valence-corrected chi connectivity index (χ0v) is 17.4. The highest BCUT2D eigenvalue weighted by Gasteiger charge is 2.11. The van der Waals surface area contributed by atoms with Gasteiger partial charge in [-0.2, -0.15) is 0 Å². The molecule has 0 spiro atoms. The molecule has 1 heterocycles. The first-order valence-electron chi connectivity index (χ1n) is 9.39. The van der Waals surface area contributed by atoms with Crippen molar-refractivity contribution in [1.82, 2.24) is 14.6 Å². The lowest BCUT2D eigenvalue weighted by atomic mass is 10.1. The maximum absolute atomic E-state index is 13.1. The summed E-state index contributed by atoms with van der Waals surface area (Å²) in [7, 11) is -1.18. The highest BCUT2D eigenvalue weighted by Crippen LogP contribution is 2.25. The quantitative estimate of drug-likeness (QED) is 0.450. The molecule has 4 N–H and O–H groups in total. The minimum Gasteiger partial charge on any atom is -0.457 e. The highest BCUT2D eigenvalue weighted by atomic mass is 32.2. The van der Waals surface area contributed by atoms with E-state index >= 15 is 0 Å². The summed E-state index contributed by atoms with van der Waals surface area (Å²) in [5.41, 5.74) is 6.18. The van der Waals surface area contributed by atoms with Gasteiger partial charge in [0, 0.05) is 37.5 Å². The van der Waals surface area contributed by atoms with Crippen molar-refractivity contribution in [3.8, 4) is 11.5 Å². The molecule has 0 radical (unpaired) electrons. The number of carbonyl (C=O) groups is 1. The largest absolute Gasteiger partial charge is 0.457 e. The number of aromatic nitrogens is 1. The van der Waals surface area contributed by atoms with Crippen molar-refractivity contribution in [2.24, 2.45) is 5.73 Å². The molecule has 0 bridgehead atoms. The number of ether oxygens (including phenoxy) is 1. The molecule has 30 heavy (non-hydrogen) atoms. The SMILES string of the molecule is CS(=O)NCCn1c(=O)c(CNCC(N)=O)cc2ccc(Oc3ccccc3)cc21. The van der Waals surface area contributed by atoms with E-state index in [9.17, 15) is 13.8 Å². The Balaban J connectivity index is 1.97. The number of fused-ring (bicyclic) bond motifs is 1. The third-order valence-electron chi connectivity index (χ3n) is 4.38. The van der Waals surface area contributed by atoms with Crippen LogP contribution in [0.25, 0.3) is 10.9 Å². The number of nitrogens with zero attached hydrogens (tertiary/aromatic N) is 1. The van der Waals surface area contributed by atoms with Gasteiger partial charge in [0.05, 0.1) is 23.0 Å². The molecule has 0 fully saturated rings. The van der Waals surface area contributed by atoms with Crippen LogP contribution in [0.4, 0.5) is 0 Å². The number of nitrogens with two attached hydrogens (primary N) is 1. The van der Waals surface area contributed by atoms with Crippen molar-refractivity contribution in [1.29, 1.82) is 0 Å². The van der Waals surface area contributed by atoms with Crippen molar-refractivity contribution in [2.75, 3.05) is 19.3 Å². The van der Waals surface area contributed by atoms with E-state index in [4.69, 9.17) is 10.5 Å². The lowest BCUT2D eigenvalue weighted by Gasteiger charge is -2.15. The molecule has 0 saturated heterocycles. The van der Waals surface area contributed by atoms with Gasteiger partial charge in [0.25, 0.3) is 5.56 Å². The van der Waals surface area contributed by atoms with Crippen molar-refractivity contribution < 1.29 is 13.7 Å². The molecule has 2 aromatic carbocycles. The Morgan fingerprint density at radius 2 is 1.90 bits per heavy atom. The first kappa shape index (κ1) is 21.7. The topological polar surface area (TPSA) is 115 Å². The average Bonchev–Trinajstić information content (AvgIpc) is 2.71. The van der Waals surface area contributed by atoms with Crippen molar-refractivity contribution in [3.63, 3.8) is 0 Å². The van der Waals surface area contributed by atoms with Crippen LogP contribution in [0.2, 0.25) is 0 Å². The second-order valence-corrected chi connectivity index (χ2v) is 7.88. The summed E-state index contributed by atoms with van der Waals surface area (Å²) in [6.07, 6.45) is 1.54. The number of pyridine rings is 1. The molecule has 1 unspecified atom stereocenters. The number of benzene rings is 2. The Bertz CT molecular complexity index is 1120. The van der Waals surface area contributed by atoms with Crippen molar-refractivity contribution in [3.05, 3.63) is 70.5 Å². The summed E-state index contributed by atoms with van der Waals surface area (Å²) < 4.78 is 21.7. The van der Waals surface area contributed by atoms with Gasteiger partial charge >= 0.3 is 0 Å². The van der Waals surface area contributed by atoms with Crippen molar-refractivity contribution in [2.45, 2.75) is 13.1 Å². The summed E-state index contributed by atoms with van der Waals surface area (Å²) in [4.78, 5) is 24.0. The number of amides is 1. The van der Waals surface area contributed by atoms with Gasteiger partial charge in [0.2, 0.25) is 5.91 Å². The van der Waals surface area contributed by atoms with Gasteiger partial charge in [0.15, 0.2) is 0 Å². The van der Waals surface area contributed by atoms with Gasteiger partial charge in [-0.25, -0.2) is 8.93 Å². The summed E-state index contributed by atoms with van der Waals surface area (Å²) in [5.74, 6) is 0.808. The van der Waals surface area contributed by atoms with Crippen LogP contribution in [-0.4, -0.2) is 34.0 Å². The van der Waals surface area contributed by atoms with E-state index < -0.39 is 16.9 Å². The predicted octanol–water partition coefficient (Wildman–Crippen LogP) is 1.25. The second-order valence-electron chi connectivity index (χ2n) is 6.68. The molecule has 1 amide bonds. The Morgan fingerprint density at radius 3 is 2.60 bits per heavy atom. The summed E-state index contributed by atoms with van der Waals surface area (Å²) in [5, 5.41) is 3.73. The second kappa shape index (κ2) is 10.1. The van der Waals surface area contributed by atoms with E-state index in [2.05, 4.69) is 10.0 Å². The molecule has 3 rings (SSSR count). The molecule has 3 aromatic rings. The van der Waals surface area contributed by atoms with Gasteiger partial charge in [-0.05, 0) is 35.7 Å². The predicted molar refractivity (Wildman–Crippen MR) is 118 cm³/mol. The van der Waals surface area contributed by atoms with E-state index in [1.165, 1.54) is 6.26 Å². The van der Waals surface area contributed by atoms with Crippen LogP contribution in [0.3, 0.4) is 0 Å². The number of para-hydroxylation sites is 1. The van der Waals surface area contributed by atoms with Crippen LogP contribution in [0.5, 0.6) is 11.5 Å². The van der Waals surface area contributed by atoms with Gasteiger partial charge in [-0.1, -0.05) is 18.2 Å². The van der Waals surface area contributed by atoms with Crippen LogP contribution in [0, 0.1) is 0 Å². The number of hydrogen-bond donors (Lipinski definition) is 3. The molecule has 1 atom stereocenters. The van der Waals surface area contributed by atoms with Crippen LogP contribution in [0.1, 0.15) is 5.56 Å². The minimum absolute atomic E-state index is 0.0162. The van der Waals surface area contributed by atoms with Gasteiger partial charge in [-0.3, -0.25) is 9.59 Å². The summed E-state index contributed by atoms with van der Waals surface area (Å²) >= 11 is 0. The number of rotatable bonds is 10. The van der Waals surface area contributed by atoms with E-state index in [1.54, 1.807) is 10.6 Å². The zero-order chi connectivity index (χ0) is 21.5. The molecular formula is C21H24N4O4S. The third kappa shape index (κ3) is 5.76. The van der Waals surface area contributed by atoms with Gasteiger partial charge in [-0.15, -0.1) is 0 Å². The monoisotopic (exact) mass is 428 g/mol. The first-order valence-corrected chi connectivity index (χ1v) is 10.9. The summed E-state index contributed by atoms with van der Waals surface area (Å²) in [6.45, 7) is 0.887. The number of primary amides is 1. The Morgan fingerprint density at radius 1 is 1.13 bits per heavy atom. The highest BCUT2D eigenvalue weighted by molar-refractivity contribution is 7.82. The molecule has 0 saturated carbocycles. The molecule has 8 nitrogen and oxygen atoms in total. The lowest BCUT2D eigenvalue weighted by molar-refractivity contribution is -0.117. The van der Waals surface area contributed by atoms with Crippen LogP contribution in [0.15, 0.2) is 59.4 Å². The summed E-state index contributed by atoms with van der Waals surface area (Å²) in [6, 6.07) is 16.7. The normalized spacial score (nSPS) is 12.0. The first-order chi connectivity index (χ1) is 14.4. The fourth-order valence-corrected chi connectivity index (χ4v) is 3.45. The number of hydrogen-bond acceptors (Lipinski definition) is 5. The van der Waals surface area contributed by atoms with Crippen LogP contribution in [-0.2, 0) is 28.9 Å². The van der Waals surface area contributed by atoms with E-state index in [-0.39, 0.29) is 18.6 Å². The Hall–Kier alpha value is -3.01. The number of nitrogens with one attached hydrogen (secondary N) is 2. The molecule has 0 aliphatic carbocycles. The fraction of sp³-hybridized carbons (Fsp3) is 0.238. The number of carbonyl (C=O) groups excluding carboxylic acids is 1. The smallest absolute Gasteiger partial charge is 0.255 e. The van der Waals surface area contributed by atoms with Crippen molar-refractivity contribution >= 4 is 27.8 Å². The van der Waals surface area contributed by atoms with Gasteiger partial charge < -0.3 is 20.4 Å². The molecule has 1 aromatic heterocycles. The standard InChI is InChI=1S/C21H24N4O4S/c1-30(28)24-9-10-25-19-12-18(29-17-5-3-2-4-6-17)8-7-15(19)11-16(21(25)27)13-23-14-20(22)26/h2-8,11-12,23-24H,9-10,13-14H2,1H3,(H2,22,26). The van der Waals surface area contributed by atoms with Gasteiger partial charge in [0.1, 0.15) is 11.5 Å². The lowest BCUT2D eigenvalue weighted by Crippen LogP contribution is -2.33. The Kier molecular flexibility index (Phi) is 7.34. The molecule has 0 aliphatic heterocycles. The van der Waals surface area contributed by atoms with Crippen LogP contribution < -0.4 is 26.1 Å². The average molecular weight is 429 g/mol. The fourth-order valence-electron chi connectivity index (χ4n) is 3.07. The molecule has 0 aliphatic rings. The molecular weight excluding hydrogens is 404 g/mol. The van der Waals surface area contributed by atoms with Crippen LogP contribution >= 0.6 is 0 Å². The van der Waals surface area contributed by atoms with E-state index in [0.29, 0.717) is 35.7 Å².